The third kappa shape index (κ3) is 5.15. The molecule has 7 rings (SSSR count). The Kier molecular flexibility index (Phi) is 8.34. The van der Waals surface area contributed by atoms with Crippen molar-refractivity contribution >= 4 is 0 Å². The molecular formula is C45H36O3. The first kappa shape index (κ1) is 31.0. The molecule has 0 bridgehead atoms. The van der Waals surface area contributed by atoms with Crippen molar-refractivity contribution in [2.75, 3.05) is 0 Å². The Labute approximate surface area is 281 Å². The first-order valence-corrected chi connectivity index (χ1v) is 16.1. The Morgan fingerprint density at radius 3 is 0.667 bits per heavy atom. The van der Waals surface area contributed by atoms with Crippen molar-refractivity contribution in [2.24, 2.45) is 0 Å². The van der Waals surface area contributed by atoms with Gasteiger partial charge in [-0.3, -0.25) is 0 Å². The summed E-state index contributed by atoms with van der Waals surface area (Å²) >= 11 is 0. The fourth-order valence-corrected chi connectivity index (χ4v) is 7.03. The molecule has 0 saturated heterocycles. The minimum Gasteiger partial charge on any atom is -0.376 e. The van der Waals surface area contributed by atoms with Crippen LogP contribution in [0.1, 0.15) is 50.1 Å². The van der Waals surface area contributed by atoms with Crippen molar-refractivity contribution in [3.63, 3.8) is 0 Å². The Morgan fingerprint density at radius 2 is 0.438 bits per heavy atom. The van der Waals surface area contributed by atoms with Gasteiger partial charge in [0, 0.05) is 5.56 Å². The van der Waals surface area contributed by atoms with E-state index in [1.54, 1.807) is 0 Å². The van der Waals surface area contributed by atoms with Gasteiger partial charge in [0.05, 0.1) is 0 Å². The molecule has 7 aromatic rings. The molecule has 0 spiro atoms. The molecule has 0 unspecified atom stereocenters. The minimum atomic E-state index is -1.83. The second-order valence-electron chi connectivity index (χ2n) is 12.1. The summed E-state index contributed by atoms with van der Waals surface area (Å²) < 4.78 is 0. The summed E-state index contributed by atoms with van der Waals surface area (Å²) in [6, 6.07) is 62.6. The van der Waals surface area contributed by atoms with E-state index in [9.17, 15) is 15.3 Å². The molecule has 0 aliphatic rings. The molecule has 3 heteroatoms. The lowest BCUT2D eigenvalue weighted by Gasteiger charge is -2.42. The van der Waals surface area contributed by atoms with Crippen LogP contribution >= 0.6 is 0 Å². The molecule has 48 heavy (non-hydrogen) atoms. The molecule has 0 atom stereocenters. The van der Waals surface area contributed by atoms with E-state index in [4.69, 9.17) is 0 Å². The summed E-state index contributed by atoms with van der Waals surface area (Å²) in [5.74, 6) is 0. The smallest absolute Gasteiger partial charge is 0.141 e. The minimum absolute atomic E-state index is 0.382. The second-order valence-corrected chi connectivity index (χ2v) is 12.1. The van der Waals surface area contributed by atoms with E-state index in [0.717, 1.165) is 0 Å². The second kappa shape index (κ2) is 12.9. The molecule has 0 aromatic heterocycles. The van der Waals surface area contributed by atoms with Crippen LogP contribution in [0.25, 0.3) is 0 Å². The largest absolute Gasteiger partial charge is 0.376 e. The van der Waals surface area contributed by atoms with Crippen LogP contribution in [0.3, 0.4) is 0 Å². The van der Waals surface area contributed by atoms with Crippen LogP contribution < -0.4 is 0 Å². The van der Waals surface area contributed by atoms with E-state index in [2.05, 4.69) is 0 Å². The Hall–Kier alpha value is -5.58. The molecule has 0 amide bonds. The molecule has 0 heterocycles. The van der Waals surface area contributed by atoms with Gasteiger partial charge in [-0.05, 0) is 44.5 Å². The molecule has 3 nitrogen and oxygen atoms in total. The average molecular weight is 625 g/mol. The maximum absolute atomic E-state index is 13.7. The van der Waals surface area contributed by atoms with Gasteiger partial charge in [-0.25, -0.2) is 0 Å². The molecule has 0 radical (unpaired) electrons. The Morgan fingerprint density at radius 1 is 0.229 bits per heavy atom. The highest BCUT2D eigenvalue weighted by atomic mass is 16.3. The zero-order valence-electron chi connectivity index (χ0n) is 26.4. The van der Waals surface area contributed by atoms with E-state index >= 15 is 0 Å². The number of aliphatic hydroxyl groups is 3. The molecule has 0 aliphatic carbocycles. The van der Waals surface area contributed by atoms with Crippen molar-refractivity contribution in [1.82, 2.24) is 0 Å². The van der Waals surface area contributed by atoms with E-state index in [1.165, 1.54) is 0 Å². The zero-order valence-corrected chi connectivity index (χ0v) is 26.4. The third-order valence-electron chi connectivity index (χ3n) is 9.36. The van der Waals surface area contributed by atoms with E-state index < -0.39 is 16.8 Å². The molecular weight excluding hydrogens is 588 g/mol. The van der Waals surface area contributed by atoms with E-state index in [1.807, 2.05) is 200 Å². The molecule has 234 valence electrons. The van der Waals surface area contributed by atoms with Gasteiger partial charge in [0.1, 0.15) is 16.8 Å². The van der Waals surface area contributed by atoms with Gasteiger partial charge in [0.15, 0.2) is 0 Å². The van der Waals surface area contributed by atoms with Crippen molar-refractivity contribution in [2.45, 2.75) is 16.8 Å². The fraction of sp³-hybridized carbons (Fsp3) is 0.0667. The predicted octanol–water partition coefficient (Wildman–Crippen LogP) is 8.54. The highest BCUT2D eigenvalue weighted by Gasteiger charge is 2.48. The van der Waals surface area contributed by atoms with Gasteiger partial charge in [0.2, 0.25) is 0 Å². The summed E-state index contributed by atoms with van der Waals surface area (Å²) in [6.07, 6.45) is 0. The van der Waals surface area contributed by atoms with Crippen molar-refractivity contribution < 1.29 is 15.3 Å². The van der Waals surface area contributed by atoms with Crippen LogP contribution in [0.4, 0.5) is 0 Å². The molecule has 0 aliphatic heterocycles. The SMILES string of the molecule is OC(c1ccccc1)(c1ccccc1)c1cccc(C(O)(c2ccccc2)c2ccccc2)c1C(O)(c1ccccc1)c1ccccc1. The average Bonchev–Trinajstić information content (AvgIpc) is 3.18. The Balaban J connectivity index is 1.70. The van der Waals surface area contributed by atoms with Gasteiger partial charge >= 0.3 is 0 Å². The lowest BCUT2D eigenvalue weighted by atomic mass is 9.66. The first-order chi connectivity index (χ1) is 23.5. The third-order valence-corrected chi connectivity index (χ3v) is 9.36. The van der Waals surface area contributed by atoms with Crippen LogP contribution in [0.15, 0.2) is 200 Å². The highest BCUT2D eigenvalue weighted by Crippen LogP contribution is 2.51. The number of hydrogen-bond acceptors (Lipinski definition) is 3. The maximum Gasteiger partial charge on any atom is 0.141 e. The lowest BCUT2D eigenvalue weighted by molar-refractivity contribution is 0.0862. The fourth-order valence-electron chi connectivity index (χ4n) is 7.03. The normalized spacial score (nSPS) is 12.1. The van der Waals surface area contributed by atoms with Crippen LogP contribution in [-0.2, 0) is 16.8 Å². The van der Waals surface area contributed by atoms with Crippen LogP contribution in [0.2, 0.25) is 0 Å². The summed E-state index contributed by atoms with van der Waals surface area (Å²) in [5, 5.41) is 40.5. The summed E-state index contributed by atoms with van der Waals surface area (Å²) in [6.45, 7) is 0. The summed E-state index contributed by atoms with van der Waals surface area (Å²) in [4.78, 5) is 0. The summed E-state index contributed by atoms with van der Waals surface area (Å²) in [5.41, 5.74) is -0.343. The topological polar surface area (TPSA) is 60.7 Å². The van der Waals surface area contributed by atoms with Crippen LogP contribution in [-0.4, -0.2) is 15.3 Å². The van der Waals surface area contributed by atoms with Gasteiger partial charge in [-0.1, -0.05) is 200 Å². The van der Waals surface area contributed by atoms with Gasteiger partial charge in [-0.15, -0.1) is 0 Å². The molecule has 7 aromatic carbocycles. The Bertz CT molecular complexity index is 1850. The van der Waals surface area contributed by atoms with Crippen molar-refractivity contribution in [3.05, 3.63) is 250 Å². The van der Waals surface area contributed by atoms with Crippen molar-refractivity contribution in [3.8, 4) is 0 Å². The van der Waals surface area contributed by atoms with Gasteiger partial charge < -0.3 is 15.3 Å². The lowest BCUT2D eigenvalue weighted by Crippen LogP contribution is -2.41. The standard InChI is InChI=1S/C45H36O3/c46-43(34-20-7-1-8-21-34,35-22-9-2-10-23-35)40-32-19-33-41(44(47,36-24-11-3-12-25-36)37-26-13-4-14-27-37)42(40)45(48,38-28-15-5-16-29-38)39-30-17-6-18-31-39/h1-33,46-48H. The van der Waals surface area contributed by atoms with Crippen molar-refractivity contribution in [1.29, 1.82) is 0 Å². The van der Waals surface area contributed by atoms with Gasteiger partial charge in [0.25, 0.3) is 0 Å². The first-order valence-electron chi connectivity index (χ1n) is 16.1. The highest BCUT2D eigenvalue weighted by molar-refractivity contribution is 5.63. The zero-order chi connectivity index (χ0) is 33.0. The quantitative estimate of drug-likeness (QED) is 0.141. The summed E-state index contributed by atoms with van der Waals surface area (Å²) in [7, 11) is 0. The molecule has 0 saturated carbocycles. The maximum atomic E-state index is 13.7. The van der Waals surface area contributed by atoms with E-state index in [-0.39, 0.29) is 0 Å². The monoisotopic (exact) mass is 624 g/mol. The number of hydrogen-bond donors (Lipinski definition) is 3. The predicted molar refractivity (Wildman–Crippen MR) is 191 cm³/mol. The van der Waals surface area contributed by atoms with Crippen LogP contribution in [0, 0.1) is 0 Å². The molecule has 3 N–H and O–H groups in total. The van der Waals surface area contributed by atoms with Gasteiger partial charge in [-0.2, -0.15) is 0 Å². The van der Waals surface area contributed by atoms with Crippen LogP contribution in [0.5, 0.6) is 0 Å². The van der Waals surface area contributed by atoms with E-state index in [0.29, 0.717) is 50.1 Å². The number of benzene rings is 7. The number of rotatable bonds is 9. The molecule has 0 fully saturated rings.